The Morgan fingerprint density at radius 2 is 1.75 bits per heavy atom. The first kappa shape index (κ1) is 28.1. The number of amides is 2. The van der Waals surface area contributed by atoms with E-state index in [-0.39, 0.29) is 23.1 Å². The van der Waals surface area contributed by atoms with Crippen molar-refractivity contribution >= 4 is 23.1 Å². The predicted molar refractivity (Wildman–Crippen MR) is 151 cm³/mol. The van der Waals surface area contributed by atoms with Crippen LogP contribution in [0.2, 0.25) is 0 Å². The molecule has 0 bridgehead atoms. The van der Waals surface area contributed by atoms with Gasteiger partial charge in [-0.05, 0) is 42.8 Å². The van der Waals surface area contributed by atoms with Crippen LogP contribution in [-0.2, 0) is 6.18 Å². The number of benzene rings is 2. The number of alkyl halides is 3. The first-order valence-corrected chi connectivity index (χ1v) is 12.8. The molecule has 0 saturated carbocycles. The molecule has 0 spiro atoms. The topological polar surface area (TPSA) is 146 Å². The molecule has 0 aliphatic rings. The van der Waals surface area contributed by atoms with E-state index in [0.29, 0.717) is 23.0 Å². The molecule has 0 aliphatic heterocycles. The Morgan fingerprint density at radius 3 is 2.43 bits per heavy atom. The van der Waals surface area contributed by atoms with Crippen molar-refractivity contribution in [1.82, 2.24) is 39.6 Å². The predicted octanol–water partition coefficient (Wildman–Crippen LogP) is 5.54. The maximum absolute atomic E-state index is 13.3. The fourth-order valence-electron chi connectivity index (χ4n) is 4.17. The number of nitrogens with zero attached hydrogens (tertiary/aromatic N) is 8. The SMILES string of the molecule is COc1ccn2ncc(-c3ccc(Oc4ncc(NC(=O)Nc5cc(C(F)(F)F)ccc5-n5cc(C)nn5)cn4)cc3)c2n1. The molecule has 0 saturated heterocycles. The van der Waals surface area contributed by atoms with E-state index in [1.807, 2.05) is 12.1 Å². The number of hydrogen-bond donors (Lipinski definition) is 2. The number of nitrogens with one attached hydrogen (secondary N) is 2. The largest absolute Gasteiger partial charge is 0.481 e. The van der Waals surface area contributed by atoms with Gasteiger partial charge in [0, 0.05) is 17.8 Å². The summed E-state index contributed by atoms with van der Waals surface area (Å²) in [6.45, 7) is 1.68. The number of aromatic nitrogens is 8. The normalized spacial score (nSPS) is 11.4. The van der Waals surface area contributed by atoms with Crippen LogP contribution in [0, 0.1) is 6.92 Å². The summed E-state index contributed by atoms with van der Waals surface area (Å²) >= 11 is 0. The van der Waals surface area contributed by atoms with Gasteiger partial charge in [-0.2, -0.15) is 23.3 Å². The molecule has 6 rings (SSSR count). The number of urea groups is 1. The Labute approximate surface area is 246 Å². The van der Waals surface area contributed by atoms with E-state index in [1.54, 1.807) is 49.1 Å². The molecule has 44 heavy (non-hydrogen) atoms. The molecule has 2 aromatic carbocycles. The molecular weight excluding hydrogens is 581 g/mol. The Balaban J connectivity index is 1.12. The average molecular weight is 603 g/mol. The van der Waals surface area contributed by atoms with Crippen molar-refractivity contribution in [2.75, 3.05) is 17.7 Å². The summed E-state index contributed by atoms with van der Waals surface area (Å²) in [5, 5.41) is 16.9. The Hall–Kier alpha value is -6.06. The van der Waals surface area contributed by atoms with E-state index in [2.05, 4.69) is 41.0 Å². The van der Waals surface area contributed by atoms with E-state index >= 15 is 0 Å². The zero-order valence-electron chi connectivity index (χ0n) is 22.9. The van der Waals surface area contributed by atoms with Crippen molar-refractivity contribution in [2.24, 2.45) is 0 Å². The van der Waals surface area contributed by atoms with E-state index in [1.165, 1.54) is 29.3 Å². The van der Waals surface area contributed by atoms with Gasteiger partial charge in [0.1, 0.15) is 5.75 Å². The van der Waals surface area contributed by atoms with E-state index in [4.69, 9.17) is 9.47 Å². The van der Waals surface area contributed by atoms with Gasteiger partial charge >= 0.3 is 18.2 Å². The summed E-state index contributed by atoms with van der Waals surface area (Å²) in [6.07, 6.45) is 2.94. The van der Waals surface area contributed by atoms with Crippen LogP contribution in [0.4, 0.5) is 29.3 Å². The lowest BCUT2D eigenvalue weighted by Gasteiger charge is -2.15. The van der Waals surface area contributed by atoms with Crippen molar-refractivity contribution in [3.8, 4) is 34.5 Å². The zero-order valence-corrected chi connectivity index (χ0v) is 22.9. The highest BCUT2D eigenvalue weighted by molar-refractivity contribution is 6.00. The van der Waals surface area contributed by atoms with Crippen molar-refractivity contribution in [2.45, 2.75) is 13.1 Å². The molecule has 0 aliphatic carbocycles. The summed E-state index contributed by atoms with van der Waals surface area (Å²) in [5.41, 5.74) is 2.11. The second-order valence-corrected chi connectivity index (χ2v) is 9.29. The third kappa shape index (κ3) is 5.94. The van der Waals surface area contributed by atoms with Gasteiger partial charge in [-0.3, -0.25) is 0 Å². The number of hydrogen-bond acceptors (Lipinski definition) is 9. The maximum atomic E-state index is 13.3. The summed E-state index contributed by atoms with van der Waals surface area (Å²) in [7, 11) is 1.54. The van der Waals surface area contributed by atoms with Crippen molar-refractivity contribution in [3.05, 3.63) is 90.8 Å². The van der Waals surface area contributed by atoms with Crippen LogP contribution in [0.15, 0.2) is 79.5 Å². The zero-order chi connectivity index (χ0) is 30.8. The van der Waals surface area contributed by atoms with Crippen LogP contribution in [-0.4, -0.2) is 52.7 Å². The van der Waals surface area contributed by atoms with Crippen molar-refractivity contribution < 1.29 is 27.4 Å². The van der Waals surface area contributed by atoms with Crippen LogP contribution in [0.25, 0.3) is 22.5 Å². The molecule has 4 aromatic heterocycles. The summed E-state index contributed by atoms with van der Waals surface area (Å²) in [4.78, 5) is 25.3. The number of methoxy groups -OCH3 is 1. The highest BCUT2D eigenvalue weighted by atomic mass is 19.4. The number of carbonyl (C=O) groups is 1. The van der Waals surface area contributed by atoms with Crippen LogP contribution in [0.5, 0.6) is 17.6 Å². The van der Waals surface area contributed by atoms with Crippen LogP contribution < -0.4 is 20.1 Å². The van der Waals surface area contributed by atoms with E-state index in [0.717, 1.165) is 23.3 Å². The lowest BCUT2D eigenvalue weighted by molar-refractivity contribution is -0.137. The number of rotatable bonds is 7. The lowest BCUT2D eigenvalue weighted by atomic mass is 10.1. The first-order valence-electron chi connectivity index (χ1n) is 12.8. The molecule has 13 nitrogen and oxygen atoms in total. The van der Waals surface area contributed by atoms with Crippen molar-refractivity contribution in [1.29, 1.82) is 0 Å². The third-order valence-electron chi connectivity index (χ3n) is 6.24. The van der Waals surface area contributed by atoms with E-state index < -0.39 is 17.8 Å². The van der Waals surface area contributed by atoms with Gasteiger partial charge < -0.3 is 20.1 Å². The lowest BCUT2D eigenvalue weighted by Crippen LogP contribution is -2.21. The van der Waals surface area contributed by atoms with Gasteiger partial charge in [0.2, 0.25) is 5.88 Å². The van der Waals surface area contributed by atoms with Crippen LogP contribution in [0.1, 0.15) is 11.3 Å². The quantitative estimate of drug-likeness (QED) is 0.240. The van der Waals surface area contributed by atoms with Gasteiger partial charge in [0.15, 0.2) is 5.65 Å². The minimum Gasteiger partial charge on any atom is -0.481 e. The molecule has 16 heteroatoms. The number of aryl methyl sites for hydroxylation is 1. The Morgan fingerprint density at radius 1 is 0.977 bits per heavy atom. The number of halogens is 3. The summed E-state index contributed by atoms with van der Waals surface area (Å²) in [6, 6.07) is 10.9. The van der Waals surface area contributed by atoms with Gasteiger partial charge in [-0.1, -0.05) is 17.3 Å². The standard InChI is InChI=1S/C28H21F3N10O3/c1-16-15-41(39-38-16)23-8-5-18(28(29,30)31)11-22(23)36-26(42)35-19-12-32-27(33-13-19)44-20-6-3-17(4-7-20)21-14-34-40-10-9-24(43-2)37-25(21)40/h3-15H,1-2H3,(H2,35,36,42). The third-order valence-corrected chi connectivity index (χ3v) is 6.24. The fourth-order valence-corrected chi connectivity index (χ4v) is 4.17. The average Bonchev–Trinajstić information content (AvgIpc) is 3.64. The molecule has 6 aromatic rings. The number of ether oxygens (including phenoxy) is 2. The summed E-state index contributed by atoms with van der Waals surface area (Å²) < 4.78 is 53.9. The molecule has 2 N–H and O–H groups in total. The second-order valence-electron chi connectivity index (χ2n) is 9.29. The van der Waals surface area contributed by atoms with Gasteiger partial charge in [-0.15, -0.1) is 5.10 Å². The molecule has 222 valence electrons. The molecular formula is C28H21F3N10O3. The molecule has 0 fully saturated rings. The minimum absolute atomic E-state index is 0.00723. The minimum atomic E-state index is -4.62. The van der Waals surface area contributed by atoms with Crippen molar-refractivity contribution in [3.63, 3.8) is 0 Å². The van der Waals surface area contributed by atoms with Gasteiger partial charge in [-0.25, -0.2) is 24.0 Å². The smallest absolute Gasteiger partial charge is 0.416 e. The summed E-state index contributed by atoms with van der Waals surface area (Å²) in [5.74, 6) is 0.920. The van der Waals surface area contributed by atoms with Gasteiger partial charge in [0.25, 0.3) is 0 Å². The highest BCUT2D eigenvalue weighted by Gasteiger charge is 2.31. The Bertz CT molecular complexity index is 1960. The highest BCUT2D eigenvalue weighted by Crippen LogP contribution is 2.33. The van der Waals surface area contributed by atoms with Crippen LogP contribution in [0.3, 0.4) is 0 Å². The van der Waals surface area contributed by atoms with E-state index in [9.17, 15) is 18.0 Å². The molecule has 0 radical (unpaired) electrons. The molecule has 0 atom stereocenters. The van der Waals surface area contributed by atoms with Gasteiger partial charge in [0.05, 0.1) is 60.2 Å². The molecule has 0 unspecified atom stereocenters. The molecule has 4 heterocycles. The molecule has 2 amide bonds. The van der Waals surface area contributed by atoms with Crippen LogP contribution >= 0.6 is 0 Å². The Kier molecular flexibility index (Phi) is 7.22. The number of anilines is 2. The second kappa shape index (κ2) is 11.3. The maximum Gasteiger partial charge on any atom is 0.416 e. The fraction of sp³-hybridized carbons (Fsp3) is 0.107. The number of fused-ring (bicyclic) bond motifs is 1. The first-order chi connectivity index (χ1) is 21.2. The monoisotopic (exact) mass is 602 g/mol. The number of carbonyl (C=O) groups excluding carboxylic acids is 1.